The van der Waals surface area contributed by atoms with Gasteiger partial charge in [0.2, 0.25) is 0 Å². The summed E-state index contributed by atoms with van der Waals surface area (Å²) in [6.45, 7) is 5.85. The monoisotopic (exact) mass is 444 g/mol. The van der Waals surface area contributed by atoms with Gasteiger partial charge in [0.15, 0.2) is 0 Å². The molecule has 5 rings (SSSR count). The zero-order chi connectivity index (χ0) is 22.9. The zero-order valence-corrected chi connectivity index (χ0v) is 19.4. The predicted molar refractivity (Wildman–Crippen MR) is 118 cm³/mol. The summed E-state index contributed by atoms with van der Waals surface area (Å²) in [5.41, 5.74) is -1.58. The van der Waals surface area contributed by atoms with Crippen LogP contribution in [-0.4, -0.2) is 33.5 Å². The predicted octanol–water partition coefficient (Wildman–Crippen LogP) is 3.93. The Bertz CT molecular complexity index is 951. The number of carbonyl (C=O) groups is 1. The van der Waals surface area contributed by atoms with Gasteiger partial charge in [0.05, 0.1) is 17.5 Å². The molecule has 6 heteroatoms. The summed E-state index contributed by atoms with van der Waals surface area (Å²) in [6, 6.07) is 3.34. The standard InChI is InChI=1S/C26H36O6/c1-16(27)32-18-6-10-23(2)20-7-11-24(3)19(17-4-5-22(28)31-15-17)9-13-26(24,30)21(20)8-12-25(23,29)14-18/h4-5,15,18-21,29-30H,6-14H2,1-3H3/t18-,19?,20-,21+,23+,24+,25-,26?/m0/s1. The van der Waals surface area contributed by atoms with Crippen molar-refractivity contribution in [3.63, 3.8) is 0 Å². The van der Waals surface area contributed by atoms with E-state index in [0.717, 1.165) is 50.5 Å². The zero-order valence-electron chi connectivity index (χ0n) is 19.4. The number of carbonyl (C=O) groups excluding carboxylic acids is 1. The van der Waals surface area contributed by atoms with Gasteiger partial charge in [-0.1, -0.05) is 13.8 Å². The van der Waals surface area contributed by atoms with E-state index in [1.165, 1.54) is 13.0 Å². The molecule has 4 fully saturated rings. The second kappa shape index (κ2) is 7.17. The highest BCUT2D eigenvalue weighted by Gasteiger charge is 2.70. The van der Waals surface area contributed by atoms with Gasteiger partial charge in [-0.25, -0.2) is 4.79 Å². The summed E-state index contributed by atoms with van der Waals surface area (Å²) < 4.78 is 10.6. The maximum Gasteiger partial charge on any atom is 0.335 e. The van der Waals surface area contributed by atoms with Gasteiger partial charge in [-0.05, 0) is 86.2 Å². The SMILES string of the molecule is CC(=O)O[C@H]1CC[C@]2(C)[C@H]3CC[C@]4(C)C(c5ccc(=O)oc5)CCC4(O)[C@@H]3CC[C@]2(O)C1. The van der Waals surface area contributed by atoms with Crippen molar-refractivity contribution in [1.29, 1.82) is 0 Å². The van der Waals surface area contributed by atoms with Gasteiger partial charge in [0.25, 0.3) is 0 Å². The Morgan fingerprint density at radius 3 is 2.41 bits per heavy atom. The Kier molecular flexibility index (Phi) is 4.96. The first kappa shape index (κ1) is 22.1. The summed E-state index contributed by atoms with van der Waals surface area (Å²) in [5.74, 6) is 0.251. The molecular formula is C26H36O6. The van der Waals surface area contributed by atoms with Gasteiger partial charge in [0.1, 0.15) is 6.10 Å². The first-order chi connectivity index (χ1) is 15.0. The number of fused-ring (bicyclic) bond motifs is 5. The van der Waals surface area contributed by atoms with Crippen molar-refractivity contribution in [2.75, 3.05) is 0 Å². The van der Waals surface area contributed by atoms with Crippen LogP contribution >= 0.6 is 0 Å². The molecule has 0 aromatic carbocycles. The summed E-state index contributed by atoms with van der Waals surface area (Å²) >= 11 is 0. The van der Waals surface area contributed by atoms with E-state index in [-0.39, 0.29) is 46.3 Å². The van der Waals surface area contributed by atoms with Crippen LogP contribution in [0.2, 0.25) is 0 Å². The minimum absolute atomic E-state index is 0.137. The first-order valence-corrected chi connectivity index (χ1v) is 12.2. The molecule has 0 aliphatic heterocycles. The molecule has 0 spiro atoms. The van der Waals surface area contributed by atoms with Gasteiger partial charge < -0.3 is 19.4 Å². The summed E-state index contributed by atoms with van der Waals surface area (Å²) in [6.07, 6.45) is 8.30. The minimum Gasteiger partial charge on any atom is -0.462 e. The van der Waals surface area contributed by atoms with Gasteiger partial charge in [-0.15, -0.1) is 0 Å². The number of ether oxygens (including phenoxy) is 1. The van der Waals surface area contributed by atoms with Gasteiger partial charge in [0, 0.05) is 24.8 Å². The second-order valence-electron chi connectivity index (χ2n) is 11.5. The molecule has 2 unspecified atom stereocenters. The fourth-order valence-corrected chi connectivity index (χ4v) is 8.62. The molecule has 6 nitrogen and oxygen atoms in total. The van der Waals surface area contributed by atoms with Crippen molar-refractivity contribution in [3.8, 4) is 0 Å². The lowest BCUT2D eigenvalue weighted by Crippen LogP contribution is -2.67. The smallest absolute Gasteiger partial charge is 0.335 e. The van der Waals surface area contributed by atoms with Gasteiger partial charge in [-0.2, -0.15) is 0 Å². The molecule has 8 atom stereocenters. The van der Waals surface area contributed by atoms with Crippen molar-refractivity contribution in [2.45, 2.75) is 102 Å². The van der Waals surface area contributed by atoms with Crippen LogP contribution in [-0.2, 0) is 9.53 Å². The van der Waals surface area contributed by atoms with Crippen molar-refractivity contribution in [1.82, 2.24) is 0 Å². The number of hydrogen-bond donors (Lipinski definition) is 2. The van der Waals surface area contributed by atoms with Crippen LogP contribution < -0.4 is 5.63 Å². The molecule has 1 heterocycles. The largest absolute Gasteiger partial charge is 0.462 e. The van der Waals surface area contributed by atoms with E-state index in [1.54, 1.807) is 6.26 Å². The highest BCUT2D eigenvalue weighted by molar-refractivity contribution is 5.66. The molecule has 4 aliphatic carbocycles. The fourth-order valence-electron chi connectivity index (χ4n) is 8.62. The number of hydrogen-bond acceptors (Lipinski definition) is 6. The van der Waals surface area contributed by atoms with Crippen molar-refractivity contribution in [2.24, 2.45) is 22.7 Å². The summed E-state index contributed by atoms with van der Waals surface area (Å²) in [5, 5.41) is 24.1. The van der Waals surface area contributed by atoms with Gasteiger partial charge in [-0.3, -0.25) is 4.79 Å². The highest BCUT2D eigenvalue weighted by atomic mass is 16.5. The third-order valence-electron chi connectivity index (χ3n) is 10.4. The van der Waals surface area contributed by atoms with Crippen molar-refractivity contribution in [3.05, 3.63) is 34.4 Å². The summed E-state index contributed by atoms with van der Waals surface area (Å²) in [7, 11) is 0. The van der Waals surface area contributed by atoms with Crippen molar-refractivity contribution >= 4 is 5.97 Å². The Balaban J connectivity index is 1.44. The average molecular weight is 445 g/mol. The number of rotatable bonds is 2. The molecule has 1 aromatic heterocycles. The Hall–Kier alpha value is -1.66. The molecule has 4 aliphatic rings. The molecule has 176 valence electrons. The lowest BCUT2D eigenvalue weighted by molar-refractivity contribution is -0.254. The molecule has 4 saturated carbocycles. The Morgan fingerprint density at radius 1 is 1.00 bits per heavy atom. The van der Waals surface area contributed by atoms with E-state index < -0.39 is 11.2 Å². The van der Waals surface area contributed by atoms with Crippen LogP contribution in [0.3, 0.4) is 0 Å². The van der Waals surface area contributed by atoms with E-state index >= 15 is 0 Å². The van der Waals surface area contributed by atoms with Crippen molar-refractivity contribution < 1.29 is 24.2 Å². The first-order valence-electron chi connectivity index (χ1n) is 12.2. The topological polar surface area (TPSA) is 97.0 Å². The fraction of sp³-hybridized carbons (Fsp3) is 0.769. The van der Waals surface area contributed by atoms with Crippen LogP contribution in [0.1, 0.15) is 90.0 Å². The molecule has 1 aromatic rings. The third kappa shape index (κ3) is 2.91. The molecule has 0 saturated heterocycles. The Morgan fingerprint density at radius 2 is 1.72 bits per heavy atom. The molecule has 0 radical (unpaired) electrons. The van der Waals surface area contributed by atoms with Crippen LogP contribution in [0, 0.1) is 22.7 Å². The van der Waals surface area contributed by atoms with Gasteiger partial charge >= 0.3 is 11.6 Å². The summed E-state index contributed by atoms with van der Waals surface area (Å²) in [4.78, 5) is 23.0. The molecule has 0 amide bonds. The molecule has 0 bridgehead atoms. The van der Waals surface area contributed by atoms with Crippen LogP contribution in [0.5, 0.6) is 0 Å². The maximum absolute atomic E-state index is 12.3. The Labute approximate surface area is 189 Å². The van der Waals surface area contributed by atoms with E-state index in [1.807, 2.05) is 6.07 Å². The quantitative estimate of drug-likeness (QED) is 0.671. The highest BCUT2D eigenvalue weighted by Crippen LogP contribution is 2.71. The molecular weight excluding hydrogens is 408 g/mol. The second-order valence-corrected chi connectivity index (χ2v) is 11.5. The number of esters is 1. The molecule has 32 heavy (non-hydrogen) atoms. The lowest BCUT2D eigenvalue weighted by atomic mass is 9.42. The van der Waals surface area contributed by atoms with Crippen LogP contribution in [0.25, 0.3) is 0 Å². The average Bonchev–Trinajstić information content (AvgIpc) is 3.00. The molecule has 2 N–H and O–H groups in total. The van der Waals surface area contributed by atoms with E-state index in [9.17, 15) is 19.8 Å². The normalized spacial score (nSPS) is 47.8. The number of aliphatic hydroxyl groups is 2. The van der Waals surface area contributed by atoms with Crippen LogP contribution in [0.15, 0.2) is 27.6 Å². The lowest BCUT2D eigenvalue weighted by Gasteiger charge is -2.66. The maximum atomic E-state index is 12.3. The van der Waals surface area contributed by atoms with E-state index in [2.05, 4.69) is 13.8 Å². The van der Waals surface area contributed by atoms with E-state index in [4.69, 9.17) is 9.15 Å². The van der Waals surface area contributed by atoms with E-state index in [0.29, 0.717) is 12.8 Å². The minimum atomic E-state index is -0.864. The van der Waals surface area contributed by atoms with Crippen LogP contribution in [0.4, 0.5) is 0 Å². The third-order valence-corrected chi connectivity index (χ3v) is 10.4.